The van der Waals surface area contributed by atoms with Gasteiger partial charge in [0.15, 0.2) is 0 Å². The van der Waals surface area contributed by atoms with E-state index in [1.54, 1.807) is 0 Å². The molecule has 0 heterocycles. The van der Waals surface area contributed by atoms with Gasteiger partial charge in [0.25, 0.3) is 0 Å². The van der Waals surface area contributed by atoms with Crippen molar-refractivity contribution in [1.29, 1.82) is 0 Å². The molecule has 0 radical (unpaired) electrons. The highest BCUT2D eigenvalue weighted by Gasteiger charge is 2.28. The Hall–Kier alpha value is -0.0800. The summed E-state index contributed by atoms with van der Waals surface area (Å²) in [4.78, 5) is 2.56. The van der Waals surface area contributed by atoms with Crippen LogP contribution in [-0.2, 0) is 0 Å². The zero-order chi connectivity index (χ0) is 12.9. The van der Waals surface area contributed by atoms with Crippen molar-refractivity contribution in [3.05, 3.63) is 0 Å². The second-order valence-corrected chi connectivity index (χ2v) is 6.64. The van der Waals surface area contributed by atoms with Crippen molar-refractivity contribution >= 4 is 0 Å². The average Bonchev–Trinajstić information content (AvgIpc) is 2.28. The van der Waals surface area contributed by atoms with Crippen molar-refractivity contribution in [2.45, 2.75) is 71.9 Å². The van der Waals surface area contributed by atoms with Crippen LogP contribution in [0.15, 0.2) is 0 Å². The van der Waals surface area contributed by atoms with E-state index in [1.807, 2.05) is 0 Å². The fourth-order valence-corrected chi connectivity index (χ4v) is 2.64. The smallest absolute Gasteiger partial charge is 0.0107 e. The predicted octanol–water partition coefficient (Wildman–Crippen LogP) is 3.28. The zero-order valence-electron chi connectivity index (χ0n) is 12.6. The lowest BCUT2D eigenvalue weighted by Crippen LogP contribution is -2.41. The van der Waals surface area contributed by atoms with Gasteiger partial charge in [-0.15, -0.1) is 0 Å². The van der Waals surface area contributed by atoms with Gasteiger partial charge in [0, 0.05) is 25.2 Å². The Morgan fingerprint density at radius 2 is 1.88 bits per heavy atom. The first-order chi connectivity index (χ1) is 7.94. The molecule has 0 spiro atoms. The van der Waals surface area contributed by atoms with E-state index in [1.165, 1.54) is 38.6 Å². The third kappa shape index (κ3) is 5.39. The summed E-state index contributed by atoms with van der Waals surface area (Å²) in [5, 5.41) is 3.58. The summed E-state index contributed by atoms with van der Waals surface area (Å²) in [7, 11) is 2.29. The molecule has 0 aromatic heterocycles. The summed E-state index contributed by atoms with van der Waals surface area (Å²) in [5.41, 5.74) is 0.590. The van der Waals surface area contributed by atoms with Crippen LogP contribution in [0, 0.1) is 5.41 Å². The molecule has 1 aliphatic carbocycles. The molecule has 0 amide bonds. The fraction of sp³-hybridized carbons (Fsp3) is 1.00. The number of likely N-dealkylation sites (N-methyl/N-ethyl adjacent to an activating group) is 1. The van der Waals surface area contributed by atoms with Crippen molar-refractivity contribution in [2.24, 2.45) is 5.41 Å². The molecule has 1 N–H and O–H groups in total. The molecule has 0 aliphatic heterocycles. The lowest BCUT2D eigenvalue weighted by atomic mass is 9.75. The molecule has 0 aromatic rings. The van der Waals surface area contributed by atoms with Gasteiger partial charge >= 0.3 is 0 Å². The highest BCUT2D eigenvalue weighted by Crippen LogP contribution is 2.36. The van der Waals surface area contributed by atoms with Crippen LogP contribution in [0.5, 0.6) is 0 Å². The van der Waals surface area contributed by atoms with E-state index >= 15 is 0 Å². The van der Waals surface area contributed by atoms with E-state index < -0.39 is 0 Å². The highest BCUT2D eigenvalue weighted by atomic mass is 15.1. The van der Waals surface area contributed by atoms with Crippen LogP contribution in [0.25, 0.3) is 0 Å². The maximum absolute atomic E-state index is 3.58. The third-order valence-corrected chi connectivity index (χ3v) is 4.50. The second-order valence-electron chi connectivity index (χ2n) is 6.64. The summed E-state index contributed by atoms with van der Waals surface area (Å²) in [6.45, 7) is 11.6. The quantitative estimate of drug-likeness (QED) is 0.766. The van der Waals surface area contributed by atoms with Gasteiger partial charge in [0.2, 0.25) is 0 Å². The van der Waals surface area contributed by atoms with Crippen LogP contribution >= 0.6 is 0 Å². The van der Waals surface area contributed by atoms with Gasteiger partial charge in [-0.1, -0.05) is 20.8 Å². The minimum Gasteiger partial charge on any atom is -0.313 e. The summed E-state index contributed by atoms with van der Waals surface area (Å²) in [5.74, 6) is 0. The first-order valence-corrected chi connectivity index (χ1v) is 7.38. The van der Waals surface area contributed by atoms with Crippen molar-refractivity contribution in [2.75, 3.05) is 20.1 Å². The first kappa shape index (κ1) is 15.0. The molecule has 0 bridgehead atoms. The molecular weight excluding hydrogens is 208 g/mol. The molecule has 1 rings (SSSR count). The van der Waals surface area contributed by atoms with Gasteiger partial charge < -0.3 is 10.2 Å². The van der Waals surface area contributed by atoms with E-state index in [-0.39, 0.29) is 0 Å². The van der Waals surface area contributed by atoms with E-state index in [0.717, 1.165) is 12.6 Å². The topological polar surface area (TPSA) is 15.3 Å². The Morgan fingerprint density at radius 1 is 1.29 bits per heavy atom. The molecule has 0 saturated heterocycles. The molecule has 1 saturated carbocycles. The van der Waals surface area contributed by atoms with Gasteiger partial charge in [-0.25, -0.2) is 0 Å². The maximum Gasteiger partial charge on any atom is 0.0107 e. The second kappa shape index (κ2) is 6.75. The van der Waals surface area contributed by atoms with Crippen molar-refractivity contribution in [3.8, 4) is 0 Å². The van der Waals surface area contributed by atoms with Gasteiger partial charge in [-0.05, 0) is 51.5 Å². The molecule has 0 aromatic carbocycles. The summed E-state index contributed by atoms with van der Waals surface area (Å²) in [6.07, 6.45) is 6.77. The van der Waals surface area contributed by atoms with Crippen LogP contribution in [0.4, 0.5) is 0 Å². The molecule has 1 unspecified atom stereocenters. The largest absolute Gasteiger partial charge is 0.313 e. The van der Waals surface area contributed by atoms with Crippen LogP contribution in [-0.4, -0.2) is 37.1 Å². The Morgan fingerprint density at radius 3 is 2.41 bits per heavy atom. The predicted molar refractivity (Wildman–Crippen MR) is 76.4 cm³/mol. The van der Waals surface area contributed by atoms with Crippen LogP contribution in [0.1, 0.15) is 59.8 Å². The van der Waals surface area contributed by atoms with Crippen LogP contribution in [0.2, 0.25) is 0 Å². The minimum absolute atomic E-state index is 0.590. The average molecular weight is 240 g/mol. The summed E-state index contributed by atoms with van der Waals surface area (Å²) >= 11 is 0. The lowest BCUT2D eigenvalue weighted by Gasteiger charge is -2.38. The van der Waals surface area contributed by atoms with Crippen molar-refractivity contribution in [1.82, 2.24) is 10.2 Å². The van der Waals surface area contributed by atoms with Gasteiger partial charge in [-0.2, -0.15) is 0 Å². The molecule has 102 valence electrons. The normalized spacial score (nSPS) is 22.9. The fourth-order valence-electron chi connectivity index (χ4n) is 2.64. The Balaban J connectivity index is 2.18. The number of nitrogens with zero attached hydrogens (tertiary/aromatic N) is 1. The molecule has 1 atom stereocenters. The number of rotatable bonds is 6. The highest BCUT2D eigenvalue weighted by molar-refractivity contribution is 4.83. The summed E-state index contributed by atoms with van der Waals surface area (Å²) in [6, 6.07) is 1.48. The van der Waals surface area contributed by atoms with E-state index in [2.05, 4.69) is 45.0 Å². The maximum atomic E-state index is 3.58. The summed E-state index contributed by atoms with van der Waals surface area (Å²) < 4.78 is 0. The monoisotopic (exact) mass is 240 g/mol. The molecule has 2 heteroatoms. The SMILES string of the molecule is CCC(C)NCCN(C)C1CCC(C)(C)CC1. The molecule has 2 nitrogen and oxygen atoms in total. The zero-order valence-corrected chi connectivity index (χ0v) is 12.6. The lowest BCUT2D eigenvalue weighted by molar-refractivity contribution is 0.127. The number of nitrogens with one attached hydrogen (secondary N) is 1. The number of hydrogen-bond acceptors (Lipinski definition) is 2. The number of hydrogen-bond donors (Lipinski definition) is 1. The molecule has 17 heavy (non-hydrogen) atoms. The Labute approximate surface area is 108 Å². The van der Waals surface area contributed by atoms with Gasteiger partial charge in [0.05, 0.1) is 0 Å². The molecular formula is C15H32N2. The molecule has 1 aliphatic rings. The van der Waals surface area contributed by atoms with Gasteiger partial charge in [-0.3, -0.25) is 0 Å². The molecule has 1 fully saturated rings. The minimum atomic E-state index is 0.590. The standard InChI is InChI=1S/C15H32N2/c1-6-13(2)16-11-12-17(5)14-7-9-15(3,4)10-8-14/h13-14,16H,6-12H2,1-5H3. The van der Waals surface area contributed by atoms with E-state index in [4.69, 9.17) is 0 Å². The van der Waals surface area contributed by atoms with Crippen LogP contribution in [0.3, 0.4) is 0 Å². The van der Waals surface area contributed by atoms with Crippen molar-refractivity contribution in [3.63, 3.8) is 0 Å². The van der Waals surface area contributed by atoms with Crippen molar-refractivity contribution < 1.29 is 0 Å². The van der Waals surface area contributed by atoms with Gasteiger partial charge in [0.1, 0.15) is 0 Å². The van der Waals surface area contributed by atoms with E-state index in [0.29, 0.717) is 11.5 Å². The Kier molecular flexibility index (Phi) is 5.94. The van der Waals surface area contributed by atoms with Crippen LogP contribution < -0.4 is 5.32 Å². The third-order valence-electron chi connectivity index (χ3n) is 4.50. The van der Waals surface area contributed by atoms with E-state index in [9.17, 15) is 0 Å². The first-order valence-electron chi connectivity index (χ1n) is 7.38. The Bertz CT molecular complexity index is 203.